The largest absolute Gasteiger partial charge is 0.486 e. The Morgan fingerprint density at radius 2 is 2.19 bits per heavy atom. The van der Waals surface area contributed by atoms with Gasteiger partial charge < -0.3 is 20.1 Å². The Morgan fingerprint density at radius 3 is 2.94 bits per heavy atom. The highest BCUT2D eigenvalue weighted by molar-refractivity contribution is 6.31. The maximum Gasteiger partial charge on any atom is 0.248 e. The van der Waals surface area contributed by atoms with Crippen LogP contribution in [0.4, 0.5) is 21.6 Å². The fraction of sp³-hybridized carbons (Fsp3) is 0.227. The van der Waals surface area contributed by atoms with E-state index in [0.29, 0.717) is 47.1 Å². The monoisotopic (exact) mass is 442 g/mol. The summed E-state index contributed by atoms with van der Waals surface area (Å²) in [6.45, 7) is 2.88. The topological polar surface area (TPSA) is 85.4 Å². The number of ether oxygens (including phenoxy) is 2. The minimum absolute atomic E-state index is 0.00265. The SMILES string of the molecule is C/C=C/C(=O)Nc1cc2c(Nc3ccc(F)c(Cl)c3)ncnc2cc1O[C@H]1CCOC1. The van der Waals surface area contributed by atoms with Crippen LogP contribution in [0.3, 0.4) is 0 Å². The van der Waals surface area contributed by atoms with Gasteiger partial charge in [-0.05, 0) is 37.3 Å². The predicted octanol–water partition coefficient (Wildman–Crippen LogP) is 4.85. The molecule has 7 nitrogen and oxygen atoms in total. The quantitative estimate of drug-likeness (QED) is 0.531. The van der Waals surface area contributed by atoms with Crippen LogP contribution in [0.1, 0.15) is 13.3 Å². The summed E-state index contributed by atoms with van der Waals surface area (Å²) in [4.78, 5) is 20.8. The third-order valence-electron chi connectivity index (χ3n) is 4.68. The van der Waals surface area contributed by atoms with Gasteiger partial charge in [-0.2, -0.15) is 0 Å². The number of nitrogens with zero attached hydrogens (tertiary/aromatic N) is 2. The number of benzene rings is 2. The third-order valence-corrected chi connectivity index (χ3v) is 4.97. The van der Waals surface area contributed by atoms with Gasteiger partial charge in [0.05, 0.1) is 29.4 Å². The first-order chi connectivity index (χ1) is 15.0. The fourth-order valence-electron chi connectivity index (χ4n) is 3.20. The molecule has 31 heavy (non-hydrogen) atoms. The van der Waals surface area contributed by atoms with Gasteiger partial charge in [0.15, 0.2) is 0 Å². The first-order valence-corrected chi connectivity index (χ1v) is 10.1. The lowest BCUT2D eigenvalue weighted by molar-refractivity contribution is -0.111. The molecule has 3 aromatic rings. The second-order valence-corrected chi connectivity index (χ2v) is 7.34. The summed E-state index contributed by atoms with van der Waals surface area (Å²) in [5, 5.41) is 6.61. The van der Waals surface area contributed by atoms with Crippen LogP contribution >= 0.6 is 11.6 Å². The number of hydrogen-bond donors (Lipinski definition) is 2. The molecule has 0 spiro atoms. The Balaban J connectivity index is 1.74. The number of nitrogens with one attached hydrogen (secondary N) is 2. The number of hydrogen-bond acceptors (Lipinski definition) is 6. The van der Waals surface area contributed by atoms with Crippen LogP contribution in [0.25, 0.3) is 10.9 Å². The van der Waals surface area contributed by atoms with Gasteiger partial charge in [-0.1, -0.05) is 17.7 Å². The summed E-state index contributed by atoms with van der Waals surface area (Å²) in [6, 6.07) is 7.80. The highest BCUT2D eigenvalue weighted by Gasteiger charge is 2.20. The summed E-state index contributed by atoms with van der Waals surface area (Å²) >= 11 is 5.88. The van der Waals surface area contributed by atoms with Gasteiger partial charge in [-0.3, -0.25) is 4.79 Å². The number of allylic oxidation sites excluding steroid dienone is 1. The minimum Gasteiger partial charge on any atom is -0.486 e. The number of rotatable bonds is 6. The Bertz CT molecular complexity index is 1150. The minimum atomic E-state index is -0.508. The van der Waals surface area contributed by atoms with Crippen molar-refractivity contribution in [1.82, 2.24) is 9.97 Å². The van der Waals surface area contributed by atoms with Gasteiger partial charge in [0.1, 0.15) is 29.8 Å². The zero-order chi connectivity index (χ0) is 21.8. The van der Waals surface area contributed by atoms with E-state index in [1.54, 1.807) is 31.2 Å². The van der Waals surface area contributed by atoms with Crippen molar-refractivity contribution in [3.63, 3.8) is 0 Å². The lowest BCUT2D eigenvalue weighted by Gasteiger charge is -2.17. The van der Waals surface area contributed by atoms with E-state index in [9.17, 15) is 9.18 Å². The summed E-state index contributed by atoms with van der Waals surface area (Å²) < 4.78 is 24.9. The molecular weight excluding hydrogens is 423 g/mol. The van der Waals surface area contributed by atoms with E-state index >= 15 is 0 Å². The van der Waals surface area contributed by atoms with Gasteiger partial charge in [-0.15, -0.1) is 0 Å². The molecule has 1 aromatic heterocycles. The van der Waals surface area contributed by atoms with Crippen LogP contribution in [0.5, 0.6) is 5.75 Å². The Morgan fingerprint density at radius 1 is 1.32 bits per heavy atom. The highest BCUT2D eigenvalue weighted by Crippen LogP contribution is 2.35. The molecule has 1 atom stereocenters. The number of anilines is 3. The second kappa shape index (κ2) is 9.28. The molecule has 160 valence electrons. The van der Waals surface area contributed by atoms with Crippen molar-refractivity contribution in [3.8, 4) is 5.75 Å². The molecule has 2 aromatic carbocycles. The smallest absolute Gasteiger partial charge is 0.248 e. The molecule has 0 unspecified atom stereocenters. The van der Waals surface area contributed by atoms with E-state index in [0.717, 1.165) is 6.42 Å². The summed E-state index contributed by atoms with van der Waals surface area (Å²) in [5.41, 5.74) is 1.66. The van der Waals surface area contributed by atoms with Crippen molar-refractivity contribution in [3.05, 3.63) is 59.7 Å². The first kappa shape index (κ1) is 21.0. The Labute approximate surface area is 183 Å². The van der Waals surface area contributed by atoms with E-state index in [1.165, 1.54) is 24.5 Å². The van der Waals surface area contributed by atoms with E-state index < -0.39 is 5.82 Å². The molecule has 1 saturated heterocycles. The maximum atomic E-state index is 13.5. The van der Waals surface area contributed by atoms with E-state index in [1.807, 2.05) is 0 Å². The molecule has 4 rings (SSSR count). The molecule has 0 saturated carbocycles. The summed E-state index contributed by atoms with van der Waals surface area (Å²) in [5.74, 6) is 0.178. The van der Waals surface area contributed by atoms with Crippen molar-refractivity contribution < 1.29 is 18.7 Å². The Hall–Kier alpha value is -3.23. The van der Waals surface area contributed by atoms with Crippen LogP contribution in [0, 0.1) is 5.82 Å². The molecule has 1 aliphatic heterocycles. The average Bonchev–Trinajstić information content (AvgIpc) is 3.25. The molecule has 9 heteroatoms. The number of fused-ring (bicyclic) bond motifs is 1. The molecular formula is C22H20ClFN4O3. The summed E-state index contributed by atoms with van der Waals surface area (Å²) in [7, 11) is 0. The van der Waals surface area contributed by atoms with Crippen LogP contribution < -0.4 is 15.4 Å². The molecule has 0 radical (unpaired) electrons. The lowest BCUT2D eigenvalue weighted by atomic mass is 10.1. The average molecular weight is 443 g/mol. The van der Waals surface area contributed by atoms with E-state index in [4.69, 9.17) is 21.1 Å². The lowest BCUT2D eigenvalue weighted by Crippen LogP contribution is -2.18. The number of amides is 1. The van der Waals surface area contributed by atoms with E-state index in [-0.39, 0.29) is 17.0 Å². The third kappa shape index (κ3) is 4.92. The zero-order valence-electron chi connectivity index (χ0n) is 16.7. The molecule has 1 fully saturated rings. The molecule has 1 aliphatic rings. The zero-order valence-corrected chi connectivity index (χ0v) is 17.4. The maximum absolute atomic E-state index is 13.5. The van der Waals surface area contributed by atoms with Crippen molar-refractivity contribution in [2.75, 3.05) is 23.8 Å². The second-order valence-electron chi connectivity index (χ2n) is 6.93. The van der Waals surface area contributed by atoms with Crippen LogP contribution in [0.15, 0.2) is 48.8 Å². The molecule has 0 bridgehead atoms. The van der Waals surface area contributed by atoms with Gasteiger partial charge in [0.2, 0.25) is 5.91 Å². The predicted molar refractivity (Wildman–Crippen MR) is 118 cm³/mol. The van der Waals surface area contributed by atoms with Gasteiger partial charge in [-0.25, -0.2) is 14.4 Å². The first-order valence-electron chi connectivity index (χ1n) is 9.72. The molecule has 0 aliphatic carbocycles. The summed E-state index contributed by atoms with van der Waals surface area (Å²) in [6.07, 6.45) is 5.15. The number of halogens is 2. The number of carbonyl (C=O) groups excluding carboxylic acids is 1. The van der Waals surface area contributed by atoms with Gasteiger partial charge in [0.25, 0.3) is 0 Å². The van der Waals surface area contributed by atoms with Crippen molar-refractivity contribution in [2.24, 2.45) is 0 Å². The Kier molecular flexibility index (Phi) is 6.29. The molecule has 1 amide bonds. The van der Waals surface area contributed by atoms with Crippen LogP contribution in [0.2, 0.25) is 5.02 Å². The highest BCUT2D eigenvalue weighted by atomic mass is 35.5. The number of aromatic nitrogens is 2. The van der Waals surface area contributed by atoms with Gasteiger partial charge >= 0.3 is 0 Å². The van der Waals surface area contributed by atoms with E-state index in [2.05, 4.69) is 20.6 Å². The van der Waals surface area contributed by atoms with Crippen LogP contribution in [-0.4, -0.2) is 35.2 Å². The van der Waals surface area contributed by atoms with Gasteiger partial charge in [0, 0.05) is 23.6 Å². The standard InChI is InChI=1S/C22H20ClFN4O3/c1-2-3-21(29)28-19-9-15-18(10-20(19)31-14-6-7-30-11-14)25-12-26-22(15)27-13-4-5-17(24)16(23)8-13/h2-5,8-10,12,14H,6-7,11H2,1H3,(H,28,29)(H,25,26,27)/b3-2+/t14-/m0/s1. The number of carbonyl (C=O) groups is 1. The molecule has 2 heterocycles. The van der Waals surface area contributed by atoms with Crippen molar-refractivity contribution in [2.45, 2.75) is 19.4 Å². The fourth-order valence-corrected chi connectivity index (χ4v) is 3.38. The normalized spacial score (nSPS) is 16.0. The molecule has 2 N–H and O–H groups in total. The van der Waals surface area contributed by atoms with Crippen LogP contribution in [-0.2, 0) is 9.53 Å². The van der Waals surface area contributed by atoms with Crippen molar-refractivity contribution in [1.29, 1.82) is 0 Å². The van der Waals surface area contributed by atoms with Crippen molar-refractivity contribution >= 4 is 45.6 Å².